The largest absolute Gasteiger partial charge is 1.00 e. The molecule has 0 unspecified atom stereocenters. The van der Waals surface area contributed by atoms with Crippen LogP contribution in [0.25, 0.3) is 0 Å². The minimum Gasteiger partial charge on any atom is 1.00 e. The summed E-state index contributed by atoms with van der Waals surface area (Å²) < 4.78 is 31.1. The molecule has 13 heavy (non-hydrogen) atoms. The summed E-state index contributed by atoms with van der Waals surface area (Å²) in [6.07, 6.45) is 0. The number of hydrogen-bond donors (Lipinski definition) is 1. The molecule has 0 fully saturated rings. The molecule has 2 N–H and O–H groups in total. The van der Waals surface area contributed by atoms with Gasteiger partial charge in [0.15, 0.2) is 0 Å². The molecule has 0 bridgehead atoms. The second-order valence-corrected chi connectivity index (χ2v) is 5.26. The molecule has 0 aromatic heterocycles. The summed E-state index contributed by atoms with van der Waals surface area (Å²) in [5.41, 5.74) is 5.73. The molecule has 1 rings (SSSR count). The van der Waals surface area contributed by atoms with Gasteiger partial charge in [-0.15, -0.1) is 0 Å². The average Bonchev–Trinajstić information content (AvgIpc) is 1.86. The van der Waals surface area contributed by atoms with E-state index in [4.69, 9.17) is 5.73 Å². The number of nitrogen functional groups attached to an aromatic ring is 1. The Morgan fingerprint density at radius 3 is 1.77 bits per heavy atom. The number of benzene rings is 1. The fourth-order valence-electron chi connectivity index (χ4n) is 0.657. The number of anilines is 1. The van der Waals surface area contributed by atoms with Crippen LogP contribution in [-0.2, 0) is 3.74 Å². The minimum absolute atomic E-state index is 0. The maximum Gasteiger partial charge on any atom is 1.00 e. The van der Waals surface area contributed by atoms with E-state index in [2.05, 4.69) is 0 Å². The molecule has 1 aromatic rings. The minimum atomic E-state index is -5.18. The van der Waals surface area contributed by atoms with Crippen molar-refractivity contribution in [2.75, 3.05) is 5.73 Å². The van der Waals surface area contributed by atoms with Crippen LogP contribution < -0.4 is 121 Å². The summed E-state index contributed by atoms with van der Waals surface area (Å²) in [4.78, 5) is 0. The zero-order chi connectivity index (χ0) is 8.48. The number of nitrogens with two attached hydrogens (primary N) is 1. The van der Waals surface area contributed by atoms with Gasteiger partial charge in [0.2, 0.25) is 0 Å². The molecule has 0 amide bonds. The van der Waals surface area contributed by atoms with Crippen LogP contribution in [0.2, 0.25) is 0 Å². The number of rotatable bonds is 1. The second-order valence-electron chi connectivity index (χ2n) is 2.09. The van der Waals surface area contributed by atoms with Gasteiger partial charge in [-0.05, 0) is 0 Å². The molecular formula is C6H6AsK2NO3. The molecule has 0 heterocycles. The molecule has 0 saturated carbocycles. The predicted molar refractivity (Wildman–Crippen MR) is 36.9 cm³/mol. The van der Waals surface area contributed by atoms with Crippen molar-refractivity contribution < 1.29 is 115 Å². The number of hydrogen-bond acceptors (Lipinski definition) is 4. The van der Waals surface area contributed by atoms with E-state index in [1.807, 2.05) is 0 Å². The zero-order valence-corrected chi connectivity index (χ0v) is 15.7. The first-order valence-corrected chi connectivity index (χ1v) is 6.12. The van der Waals surface area contributed by atoms with Gasteiger partial charge >= 0.3 is 169 Å². The van der Waals surface area contributed by atoms with Crippen LogP contribution in [0.4, 0.5) is 5.69 Å². The average molecular weight is 293 g/mol. The van der Waals surface area contributed by atoms with E-state index in [-0.39, 0.29) is 107 Å². The van der Waals surface area contributed by atoms with Crippen molar-refractivity contribution in [3.63, 3.8) is 0 Å². The summed E-state index contributed by atoms with van der Waals surface area (Å²) in [5, 5.41) is 0. The van der Waals surface area contributed by atoms with Crippen LogP contribution in [0.1, 0.15) is 0 Å². The van der Waals surface area contributed by atoms with Gasteiger partial charge in [0, 0.05) is 0 Å². The maximum atomic E-state index is 10.4. The first-order valence-electron chi connectivity index (χ1n) is 2.88. The Hall–Kier alpha value is 2.57. The molecule has 0 atom stereocenters. The molecular weight excluding hydrogens is 287 g/mol. The normalized spacial score (nSPS) is 9.69. The summed E-state index contributed by atoms with van der Waals surface area (Å²) in [6.45, 7) is 0. The second kappa shape index (κ2) is 7.78. The van der Waals surface area contributed by atoms with Crippen LogP contribution >= 0.6 is 0 Å². The topological polar surface area (TPSA) is 89.2 Å². The first kappa shape index (κ1) is 18.0. The van der Waals surface area contributed by atoms with E-state index in [1.165, 1.54) is 24.3 Å². The van der Waals surface area contributed by atoms with Crippen molar-refractivity contribution in [3.05, 3.63) is 24.3 Å². The van der Waals surface area contributed by atoms with Crippen molar-refractivity contribution in [3.8, 4) is 0 Å². The fourth-order valence-corrected chi connectivity index (χ4v) is 1.74. The summed E-state index contributed by atoms with van der Waals surface area (Å²) in [7, 11) is 0. The van der Waals surface area contributed by atoms with E-state index in [1.54, 1.807) is 0 Å². The van der Waals surface area contributed by atoms with Gasteiger partial charge in [-0.25, -0.2) is 0 Å². The Bertz CT molecular complexity index is 297. The van der Waals surface area contributed by atoms with E-state index < -0.39 is 14.2 Å². The Morgan fingerprint density at radius 2 is 1.46 bits per heavy atom. The summed E-state index contributed by atoms with van der Waals surface area (Å²) in [5.74, 6) is 0. The smallest absolute Gasteiger partial charge is 1.00 e. The molecule has 60 valence electrons. The van der Waals surface area contributed by atoms with Crippen LogP contribution in [0.15, 0.2) is 24.3 Å². The Balaban J connectivity index is 0. The molecule has 7 heteroatoms. The van der Waals surface area contributed by atoms with Crippen LogP contribution in [0.5, 0.6) is 0 Å². The molecule has 4 nitrogen and oxygen atoms in total. The van der Waals surface area contributed by atoms with Gasteiger partial charge in [0.25, 0.3) is 0 Å². The SMILES string of the molecule is Nc1ccc([As](=O)([O-])[O-])cc1.[K+].[K+]. The first-order chi connectivity index (χ1) is 5.00. The van der Waals surface area contributed by atoms with E-state index >= 15 is 0 Å². The Labute approximate surface area is 165 Å². The van der Waals surface area contributed by atoms with Crippen molar-refractivity contribution in [1.29, 1.82) is 0 Å². The van der Waals surface area contributed by atoms with E-state index in [0.717, 1.165) is 0 Å². The molecule has 0 aliphatic carbocycles. The van der Waals surface area contributed by atoms with Crippen molar-refractivity contribution in [1.82, 2.24) is 0 Å². The standard InChI is InChI=1S/C6H8AsNO3.2K/c8-6-3-1-5(2-4-6)7(9,10)11;;/h1-4H,8H2,(H2,9,10,11);;/q;2*+1/p-2. The molecule has 0 aliphatic rings. The maximum absolute atomic E-state index is 10.4. The molecule has 0 spiro atoms. The van der Waals surface area contributed by atoms with Gasteiger partial charge in [-0.2, -0.15) is 0 Å². The van der Waals surface area contributed by atoms with Crippen LogP contribution in [0, 0.1) is 0 Å². The zero-order valence-electron chi connectivity index (χ0n) is 7.56. The molecule has 0 radical (unpaired) electrons. The van der Waals surface area contributed by atoms with Gasteiger partial charge in [0.05, 0.1) is 0 Å². The van der Waals surface area contributed by atoms with Gasteiger partial charge < -0.3 is 0 Å². The quantitative estimate of drug-likeness (QED) is 0.411. The summed E-state index contributed by atoms with van der Waals surface area (Å²) in [6, 6.07) is 5.21. The third-order valence-corrected chi connectivity index (χ3v) is 3.16. The third kappa shape index (κ3) is 6.68. The van der Waals surface area contributed by atoms with E-state index in [9.17, 15) is 11.9 Å². The van der Waals surface area contributed by atoms with Crippen LogP contribution in [0.3, 0.4) is 0 Å². The fraction of sp³-hybridized carbons (Fsp3) is 0. The van der Waals surface area contributed by atoms with Crippen molar-refractivity contribution in [2.24, 2.45) is 0 Å². The molecule has 0 saturated heterocycles. The van der Waals surface area contributed by atoms with Gasteiger partial charge in [-0.3, -0.25) is 0 Å². The van der Waals surface area contributed by atoms with Crippen LogP contribution in [-0.4, -0.2) is 14.2 Å². The molecule has 0 aliphatic heterocycles. The Morgan fingerprint density at radius 1 is 1.08 bits per heavy atom. The van der Waals surface area contributed by atoms with Crippen molar-refractivity contribution in [2.45, 2.75) is 0 Å². The summed E-state index contributed by atoms with van der Waals surface area (Å²) >= 11 is -5.18. The Kier molecular flexibility index (Phi) is 10.7. The monoisotopic (exact) mass is 293 g/mol. The third-order valence-electron chi connectivity index (χ3n) is 1.21. The van der Waals surface area contributed by atoms with Gasteiger partial charge in [0.1, 0.15) is 0 Å². The van der Waals surface area contributed by atoms with E-state index in [0.29, 0.717) is 5.69 Å². The predicted octanol–water partition coefficient (Wildman–Crippen LogP) is -8.43. The van der Waals surface area contributed by atoms with Crippen molar-refractivity contribution >= 4 is 24.2 Å². The molecule has 1 aromatic carbocycles. The van der Waals surface area contributed by atoms with Gasteiger partial charge in [-0.1, -0.05) is 0 Å².